The molecule has 0 aromatic heterocycles. The van der Waals surface area contributed by atoms with Crippen LogP contribution in [-0.2, 0) is 19.1 Å². The molecule has 0 unspecified atom stereocenters. The minimum atomic E-state index is -0.0205. The third-order valence-corrected chi connectivity index (χ3v) is 3.01. The molecule has 1 aliphatic heterocycles. The highest BCUT2D eigenvalue weighted by Crippen LogP contribution is 2.02. The molecule has 118 valence electrons. The van der Waals surface area contributed by atoms with Gasteiger partial charge >= 0.3 is 0 Å². The maximum atomic E-state index is 11.9. The van der Waals surface area contributed by atoms with Crippen molar-refractivity contribution >= 4 is 24.2 Å². The minimum Gasteiger partial charge on any atom is -0.383 e. The lowest BCUT2D eigenvalue weighted by atomic mass is 10.3. The second kappa shape index (κ2) is 10.8. The van der Waals surface area contributed by atoms with Crippen LogP contribution in [0.1, 0.15) is 0 Å². The molecule has 1 aliphatic rings. The fraction of sp³-hybridized carbons (Fsp3) is 0.833. The van der Waals surface area contributed by atoms with E-state index in [1.54, 1.807) is 16.9 Å². The largest absolute Gasteiger partial charge is 0.383 e. The van der Waals surface area contributed by atoms with Gasteiger partial charge in [0.1, 0.15) is 6.61 Å². The van der Waals surface area contributed by atoms with Gasteiger partial charge in [0.15, 0.2) is 0 Å². The number of methoxy groups -OCH3 is 2. The van der Waals surface area contributed by atoms with Crippen LogP contribution in [0, 0.1) is 0 Å². The van der Waals surface area contributed by atoms with Gasteiger partial charge in [0.25, 0.3) is 0 Å². The molecule has 1 N–H and O–H groups in total. The van der Waals surface area contributed by atoms with Gasteiger partial charge in [-0.2, -0.15) is 0 Å². The van der Waals surface area contributed by atoms with Crippen LogP contribution in [0.15, 0.2) is 0 Å². The molecule has 0 aromatic carbocycles. The molecule has 0 saturated carbocycles. The van der Waals surface area contributed by atoms with Crippen molar-refractivity contribution in [2.24, 2.45) is 0 Å². The van der Waals surface area contributed by atoms with Crippen LogP contribution < -0.4 is 5.32 Å². The van der Waals surface area contributed by atoms with E-state index in [4.69, 9.17) is 9.47 Å². The van der Waals surface area contributed by atoms with E-state index < -0.39 is 0 Å². The van der Waals surface area contributed by atoms with Crippen molar-refractivity contribution < 1.29 is 19.1 Å². The van der Waals surface area contributed by atoms with Crippen molar-refractivity contribution in [3.8, 4) is 0 Å². The van der Waals surface area contributed by atoms with Crippen LogP contribution in [0.5, 0.6) is 0 Å². The van der Waals surface area contributed by atoms with Crippen LogP contribution in [0.2, 0.25) is 0 Å². The normalized spacial score (nSPS) is 14.9. The predicted molar refractivity (Wildman–Crippen MR) is 77.0 cm³/mol. The van der Waals surface area contributed by atoms with Crippen molar-refractivity contribution in [1.29, 1.82) is 0 Å². The van der Waals surface area contributed by atoms with E-state index in [9.17, 15) is 9.59 Å². The topological polar surface area (TPSA) is 71.1 Å². The monoisotopic (exact) mass is 309 g/mol. The Hall–Kier alpha value is -0.890. The summed E-state index contributed by atoms with van der Waals surface area (Å²) in [4.78, 5) is 26.9. The number of hydrogen-bond acceptors (Lipinski definition) is 5. The van der Waals surface area contributed by atoms with Crippen molar-refractivity contribution in [1.82, 2.24) is 15.1 Å². The molecule has 7 nitrogen and oxygen atoms in total. The maximum absolute atomic E-state index is 11.9. The number of nitrogens with one attached hydrogen (secondary N) is 1. The second-order valence-corrected chi connectivity index (χ2v) is 4.36. The van der Waals surface area contributed by atoms with E-state index in [0.29, 0.717) is 45.9 Å². The Kier molecular flexibility index (Phi) is 10.4. The van der Waals surface area contributed by atoms with Crippen molar-refractivity contribution in [3.05, 3.63) is 0 Å². The van der Waals surface area contributed by atoms with Gasteiger partial charge in [-0.15, -0.1) is 12.4 Å². The zero-order valence-electron chi connectivity index (χ0n) is 12.1. The van der Waals surface area contributed by atoms with E-state index in [0.717, 1.165) is 0 Å². The Labute approximate surface area is 126 Å². The number of amides is 2. The van der Waals surface area contributed by atoms with Gasteiger partial charge < -0.3 is 24.6 Å². The number of nitrogens with zero attached hydrogens (tertiary/aromatic N) is 2. The minimum absolute atomic E-state index is 0. The summed E-state index contributed by atoms with van der Waals surface area (Å²) in [5.41, 5.74) is 0. The SMILES string of the molecule is COCCNCC(=O)N1CCN(C(=O)COC)CC1.Cl. The second-order valence-electron chi connectivity index (χ2n) is 4.36. The van der Waals surface area contributed by atoms with E-state index in [1.165, 1.54) is 7.11 Å². The molecule has 1 heterocycles. The number of halogens is 1. The molecule has 1 fully saturated rings. The Balaban J connectivity index is 0.00000361. The first kappa shape index (κ1) is 19.1. The Morgan fingerprint density at radius 2 is 1.55 bits per heavy atom. The number of piperazine rings is 1. The van der Waals surface area contributed by atoms with Crippen LogP contribution in [0.3, 0.4) is 0 Å². The molecule has 2 amide bonds. The van der Waals surface area contributed by atoms with Crippen molar-refractivity contribution in [2.75, 3.05) is 66.7 Å². The van der Waals surface area contributed by atoms with Gasteiger partial charge in [-0.3, -0.25) is 9.59 Å². The molecule has 0 atom stereocenters. The maximum Gasteiger partial charge on any atom is 0.248 e. The number of ether oxygens (including phenoxy) is 2. The number of carbonyl (C=O) groups excluding carboxylic acids is 2. The Morgan fingerprint density at radius 1 is 1.00 bits per heavy atom. The Morgan fingerprint density at radius 3 is 2.05 bits per heavy atom. The van der Waals surface area contributed by atoms with Gasteiger partial charge in [-0.25, -0.2) is 0 Å². The van der Waals surface area contributed by atoms with E-state index >= 15 is 0 Å². The zero-order chi connectivity index (χ0) is 14.1. The predicted octanol–water partition coefficient (Wildman–Crippen LogP) is -1.04. The van der Waals surface area contributed by atoms with Crippen molar-refractivity contribution in [3.63, 3.8) is 0 Å². The molecular formula is C12H24ClN3O4. The third kappa shape index (κ3) is 6.51. The van der Waals surface area contributed by atoms with Crippen LogP contribution in [0.4, 0.5) is 0 Å². The quantitative estimate of drug-likeness (QED) is 0.608. The van der Waals surface area contributed by atoms with Crippen LogP contribution >= 0.6 is 12.4 Å². The van der Waals surface area contributed by atoms with Crippen LogP contribution in [-0.4, -0.2) is 88.3 Å². The van der Waals surface area contributed by atoms with E-state index in [1.807, 2.05) is 0 Å². The standard InChI is InChI=1S/C12H23N3O4.ClH/c1-18-8-3-13-9-11(16)14-4-6-15(7-5-14)12(17)10-19-2;/h13H,3-10H2,1-2H3;1H. The molecule has 1 rings (SSSR count). The highest BCUT2D eigenvalue weighted by atomic mass is 35.5. The molecule has 0 spiro atoms. The summed E-state index contributed by atoms with van der Waals surface area (Å²) in [7, 11) is 3.13. The summed E-state index contributed by atoms with van der Waals surface area (Å²) >= 11 is 0. The smallest absolute Gasteiger partial charge is 0.248 e. The van der Waals surface area contributed by atoms with E-state index in [-0.39, 0.29) is 30.8 Å². The van der Waals surface area contributed by atoms with Gasteiger partial charge in [-0.05, 0) is 0 Å². The average Bonchev–Trinajstić information content (AvgIpc) is 2.44. The molecule has 1 saturated heterocycles. The van der Waals surface area contributed by atoms with E-state index in [2.05, 4.69) is 5.32 Å². The van der Waals surface area contributed by atoms with Gasteiger partial charge in [0.05, 0.1) is 13.2 Å². The van der Waals surface area contributed by atoms with Gasteiger partial charge in [0, 0.05) is 46.9 Å². The lowest BCUT2D eigenvalue weighted by Crippen LogP contribution is -2.53. The molecule has 0 aromatic rings. The number of carbonyl (C=O) groups is 2. The molecular weight excluding hydrogens is 286 g/mol. The molecule has 0 aliphatic carbocycles. The first-order chi connectivity index (χ1) is 9.19. The number of hydrogen-bond donors (Lipinski definition) is 1. The molecule has 0 bridgehead atoms. The molecule has 8 heteroatoms. The summed E-state index contributed by atoms with van der Waals surface area (Å²) in [5, 5.41) is 3.02. The fourth-order valence-electron chi connectivity index (χ4n) is 1.90. The summed E-state index contributed by atoms with van der Waals surface area (Å²) in [6, 6.07) is 0. The van der Waals surface area contributed by atoms with Crippen LogP contribution in [0.25, 0.3) is 0 Å². The fourth-order valence-corrected chi connectivity index (χ4v) is 1.90. The lowest BCUT2D eigenvalue weighted by molar-refractivity contribution is -0.141. The lowest BCUT2D eigenvalue weighted by Gasteiger charge is -2.34. The third-order valence-electron chi connectivity index (χ3n) is 3.01. The summed E-state index contributed by atoms with van der Waals surface area (Å²) < 4.78 is 9.70. The summed E-state index contributed by atoms with van der Waals surface area (Å²) in [6.07, 6.45) is 0. The average molecular weight is 310 g/mol. The summed E-state index contributed by atoms with van der Waals surface area (Å²) in [6.45, 7) is 3.99. The summed E-state index contributed by atoms with van der Waals surface area (Å²) in [5.74, 6) is 0.0442. The Bertz CT molecular complexity index is 296. The first-order valence-electron chi connectivity index (χ1n) is 6.43. The molecule has 20 heavy (non-hydrogen) atoms. The van der Waals surface area contributed by atoms with Gasteiger partial charge in [-0.1, -0.05) is 0 Å². The highest BCUT2D eigenvalue weighted by Gasteiger charge is 2.23. The van der Waals surface area contributed by atoms with Gasteiger partial charge in [0.2, 0.25) is 11.8 Å². The number of rotatable bonds is 7. The zero-order valence-corrected chi connectivity index (χ0v) is 12.9. The first-order valence-corrected chi connectivity index (χ1v) is 6.43. The van der Waals surface area contributed by atoms with Crippen molar-refractivity contribution in [2.45, 2.75) is 0 Å². The molecule has 0 radical (unpaired) electrons. The highest BCUT2D eigenvalue weighted by molar-refractivity contribution is 5.85.